The Balaban J connectivity index is 3.11. The van der Waals surface area contributed by atoms with Gasteiger partial charge in [-0.15, -0.1) is 0 Å². The average molecular weight is 590 g/mol. The molecule has 0 aliphatic heterocycles. The van der Waals surface area contributed by atoms with Crippen molar-refractivity contribution < 1.29 is 19.1 Å². The van der Waals surface area contributed by atoms with Crippen molar-refractivity contribution in [1.82, 2.24) is 0 Å². The van der Waals surface area contributed by atoms with Crippen LogP contribution in [0.5, 0.6) is 0 Å². The van der Waals surface area contributed by atoms with E-state index in [9.17, 15) is 9.59 Å². The molecule has 1 aromatic carbocycles. The lowest BCUT2D eigenvalue weighted by Gasteiger charge is -2.17. The van der Waals surface area contributed by atoms with E-state index in [1.165, 1.54) is 0 Å². The molecule has 1 aromatic rings. The first kappa shape index (κ1) is 21.6. The highest BCUT2D eigenvalue weighted by Crippen LogP contribution is 2.42. The molecule has 0 heterocycles. The number of hydrogen-bond acceptors (Lipinski definition) is 4. The molecule has 0 unspecified atom stereocenters. The first-order chi connectivity index (χ1) is 11.1. The van der Waals surface area contributed by atoms with Crippen LogP contribution >= 0.6 is 63.7 Å². The molecule has 0 aliphatic carbocycles. The number of hydrogen-bond donors (Lipinski definition) is 0. The smallest absolute Gasteiger partial charge is 0.333 e. The third-order valence-electron chi connectivity index (χ3n) is 2.84. The van der Waals surface area contributed by atoms with Crippen LogP contribution in [0.15, 0.2) is 42.2 Å². The van der Waals surface area contributed by atoms with Crippen LogP contribution in [0.2, 0.25) is 0 Å². The predicted octanol–water partition coefficient (Wildman–Crippen LogP) is 5.98. The highest BCUT2D eigenvalue weighted by molar-refractivity contribution is 9.14. The molecular formula is C16H14Br4O4. The fourth-order valence-electron chi connectivity index (χ4n) is 1.50. The van der Waals surface area contributed by atoms with Gasteiger partial charge < -0.3 is 9.47 Å². The molecule has 130 valence electrons. The predicted molar refractivity (Wildman–Crippen MR) is 106 cm³/mol. The van der Waals surface area contributed by atoms with Crippen LogP contribution in [0.4, 0.5) is 0 Å². The lowest BCUT2D eigenvalue weighted by molar-refractivity contribution is -0.141. The summed E-state index contributed by atoms with van der Waals surface area (Å²) >= 11 is 13.9. The monoisotopic (exact) mass is 586 g/mol. The SMILES string of the molecule is C=C(C)C(=O)OCc1c(Br)c(Br)c(COC(=O)C(=C)C)c(Br)c1Br. The fourth-order valence-corrected chi connectivity index (χ4v) is 4.24. The molecule has 0 bridgehead atoms. The number of benzene rings is 1. The van der Waals surface area contributed by atoms with Crippen molar-refractivity contribution in [3.8, 4) is 0 Å². The molecule has 0 atom stereocenters. The third kappa shape index (κ3) is 5.28. The van der Waals surface area contributed by atoms with E-state index in [1.54, 1.807) is 13.8 Å². The van der Waals surface area contributed by atoms with Gasteiger partial charge in [-0.3, -0.25) is 0 Å². The summed E-state index contributed by atoms with van der Waals surface area (Å²) in [5, 5.41) is 0. The van der Waals surface area contributed by atoms with Crippen LogP contribution in [0.25, 0.3) is 0 Å². The highest BCUT2D eigenvalue weighted by atomic mass is 79.9. The van der Waals surface area contributed by atoms with Gasteiger partial charge in [0.05, 0.1) is 0 Å². The summed E-state index contributed by atoms with van der Waals surface area (Å²) in [6.45, 7) is 10.4. The van der Waals surface area contributed by atoms with Crippen molar-refractivity contribution in [2.45, 2.75) is 27.1 Å². The van der Waals surface area contributed by atoms with Crippen molar-refractivity contribution in [3.05, 3.63) is 53.3 Å². The van der Waals surface area contributed by atoms with Gasteiger partial charge in [0.25, 0.3) is 0 Å². The van der Waals surface area contributed by atoms with Crippen molar-refractivity contribution in [1.29, 1.82) is 0 Å². The molecule has 4 nitrogen and oxygen atoms in total. The zero-order valence-electron chi connectivity index (χ0n) is 13.0. The summed E-state index contributed by atoms with van der Waals surface area (Å²) in [5.74, 6) is -0.944. The maximum atomic E-state index is 11.6. The minimum Gasteiger partial charge on any atom is -0.457 e. The topological polar surface area (TPSA) is 52.6 Å². The Labute approximate surface area is 174 Å². The molecule has 24 heavy (non-hydrogen) atoms. The zero-order chi connectivity index (χ0) is 18.6. The minimum atomic E-state index is -0.472. The average Bonchev–Trinajstić information content (AvgIpc) is 2.52. The summed E-state index contributed by atoms with van der Waals surface area (Å²) in [5.41, 5.74) is 2.09. The molecule has 0 radical (unpaired) electrons. The Morgan fingerprint density at radius 1 is 0.750 bits per heavy atom. The summed E-state index contributed by atoms with van der Waals surface area (Å²) in [6, 6.07) is 0. The molecule has 0 fully saturated rings. The normalized spacial score (nSPS) is 10.2. The van der Waals surface area contributed by atoms with Crippen molar-refractivity contribution >= 4 is 75.7 Å². The number of esters is 2. The van der Waals surface area contributed by atoms with E-state index < -0.39 is 11.9 Å². The summed E-state index contributed by atoms with van der Waals surface area (Å²) < 4.78 is 13.1. The summed E-state index contributed by atoms with van der Waals surface area (Å²) in [4.78, 5) is 23.2. The Bertz CT molecular complexity index is 635. The minimum absolute atomic E-state index is 0.0515. The largest absolute Gasteiger partial charge is 0.457 e. The van der Waals surface area contributed by atoms with Gasteiger partial charge >= 0.3 is 11.9 Å². The summed E-state index contributed by atoms with van der Waals surface area (Å²) in [7, 11) is 0. The highest BCUT2D eigenvalue weighted by Gasteiger charge is 2.21. The van der Waals surface area contributed by atoms with Gasteiger partial charge in [0.2, 0.25) is 0 Å². The number of halogens is 4. The van der Waals surface area contributed by atoms with Crippen LogP contribution in [0.1, 0.15) is 25.0 Å². The first-order valence-corrected chi connectivity index (χ1v) is 9.74. The Morgan fingerprint density at radius 3 is 1.21 bits per heavy atom. The third-order valence-corrected chi connectivity index (χ3v) is 7.40. The molecule has 8 heteroatoms. The van der Waals surface area contributed by atoms with Gasteiger partial charge in [-0.2, -0.15) is 0 Å². The summed E-state index contributed by atoms with van der Waals surface area (Å²) in [6.07, 6.45) is 0. The van der Waals surface area contributed by atoms with E-state index in [-0.39, 0.29) is 13.2 Å². The Morgan fingerprint density at radius 2 is 1.00 bits per heavy atom. The molecule has 0 N–H and O–H groups in total. The number of carbonyl (C=O) groups excluding carboxylic acids is 2. The van der Waals surface area contributed by atoms with Crippen molar-refractivity contribution in [2.24, 2.45) is 0 Å². The van der Waals surface area contributed by atoms with E-state index in [4.69, 9.17) is 9.47 Å². The van der Waals surface area contributed by atoms with Gasteiger partial charge in [-0.25, -0.2) is 9.59 Å². The van der Waals surface area contributed by atoms with E-state index >= 15 is 0 Å². The first-order valence-electron chi connectivity index (χ1n) is 6.56. The lowest BCUT2D eigenvalue weighted by Crippen LogP contribution is -2.09. The second-order valence-corrected chi connectivity index (χ2v) is 8.10. The van der Waals surface area contributed by atoms with Crippen molar-refractivity contribution in [2.75, 3.05) is 0 Å². The number of rotatable bonds is 6. The molecule has 1 rings (SSSR count). The van der Waals surface area contributed by atoms with Crippen LogP contribution in [-0.4, -0.2) is 11.9 Å². The maximum absolute atomic E-state index is 11.6. The molecule has 0 aromatic heterocycles. The quantitative estimate of drug-likeness (QED) is 0.233. The molecule has 0 saturated heterocycles. The van der Waals surface area contributed by atoms with Gasteiger partial charge in [-0.05, 0) is 77.6 Å². The van der Waals surface area contributed by atoms with E-state index in [1.807, 2.05) is 0 Å². The number of carbonyl (C=O) groups is 2. The Kier molecular flexibility index (Phi) is 8.38. The van der Waals surface area contributed by atoms with Crippen molar-refractivity contribution in [3.63, 3.8) is 0 Å². The van der Waals surface area contributed by atoms with Crippen LogP contribution in [0, 0.1) is 0 Å². The van der Waals surface area contributed by atoms with Crippen LogP contribution in [-0.2, 0) is 32.3 Å². The van der Waals surface area contributed by atoms with Gasteiger partial charge in [0.1, 0.15) is 13.2 Å². The van der Waals surface area contributed by atoms with E-state index in [2.05, 4.69) is 76.9 Å². The molecule has 0 saturated carbocycles. The maximum Gasteiger partial charge on any atom is 0.333 e. The molecule has 0 amide bonds. The standard InChI is InChI=1S/C16H14Br4O4/c1-7(2)15(21)23-5-9-11(17)13(19)10(14(20)12(9)18)6-24-16(22)8(3)4/h1,3,5-6H2,2,4H3. The number of ether oxygens (including phenoxy) is 2. The van der Waals surface area contributed by atoms with Gasteiger partial charge in [0.15, 0.2) is 0 Å². The van der Waals surface area contributed by atoms with Crippen LogP contribution in [0.3, 0.4) is 0 Å². The fraction of sp³-hybridized carbons (Fsp3) is 0.250. The van der Waals surface area contributed by atoms with Gasteiger partial charge in [0, 0.05) is 40.2 Å². The van der Waals surface area contributed by atoms with E-state index in [0.717, 1.165) is 11.1 Å². The lowest BCUT2D eigenvalue weighted by atomic mass is 10.1. The second kappa shape index (κ2) is 9.31. The Hall–Kier alpha value is -0.440. The zero-order valence-corrected chi connectivity index (χ0v) is 19.3. The van der Waals surface area contributed by atoms with Gasteiger partial charge in [-0.1, -0.05) is 13.2 Å². The molecule has 0 aliphatic rings. The second-order valence-electron chi connectivity index (χ2n) is 4.93. The molecular weight excluding hydrogens is 576 g/mol. The molecule has 0 spiro atoms. The van der Waals surface area contributed by atoms with Crippen LogP contribution < -0.4 is 0 Å². The van der Waals surface area contributed by atoms with E-state index in [0.29, 0.717) is 29.0 Å².